The van der Waals surface area contributed by atoms with Gasteiger partial charge in [0.05, 0.1) is 12.6 Å². The number of fused-ring (bicyclic) bond motifs is 4. The number of H-pyrrole nitrogens is 1. The first-order valence-electron chi connectivity index (χ1n) is 11.8. The first-order valence-corrected chi connectivity index (χ1v) is 11.8. The molecular weight excluding hydrogens is 390 g/mol. The predicted octanol–water partition coefficient (Wildman–Crippen LogP) is 6.04. The Bertz CT molecular complexity index is 1180. The van der Waals surface area contributed by atoms with Gasteiger partial charge in [-0.1, -0.05) is 78.9 Å². The third kappa shape index (κ3) is 3.47. The molecule has 0 saturated carbocycles. The quantitative estimate of drug-likeness (QED) is 0.420. The van der Waals surface area contributed by atoms with Crippen molar-refractivity contribution >= 4 is 16.6 Å². The van der Waals surface area contributed by atoms with Crippen LogP contribution in [0.25, 0.3) is 10.9 Å². The minimum absolute atomic E-state index is 0.308. The second-order valence-electron chi connectivity index (χ2n) is 9.15. The van der Waals surface area contributed by atoms with Gasteiger partial charge in [0.1, 0.15) is 0 Å². The lowest BCUT2D eigenvalue weighted by Crippen LogP contribution is -2.58. The Morgan fingerprint density at radius 2 is 1.44 bits per heavy atom. The van der Waals surface area contributed by atoms with E-state index in [1.807, 2.05) is 0 Å². The van der Waals surface area contributed by atoms with Crippen LogP contribution >= 0.6 is 0 Å². The highest BCUT2D eigenvalue weighted by Crippen LogP contribution is 2.40. The number of piperidine rings is 3. The lowest BCUT2D eigenvalue weighted by atomic mass is 9.72. The molecule has 3 nitrogen and oxygen atoms in total. The molecule has 3 aliphatic rings. The number of hydrogen-bond donors (Lipinski definition) is 1. The van der Waals surface area contributed by atoms with Gasteiger partial charge in [-0.05, 0) is 48.7 Å². The Kier molecular flexibility index (Phi) is 5.12. The van der Waals surface area contributed by atoms with Crippen molar-refractivity contribution in [2.75, 3.05) is 13.1 Å². The van der Waals surface area contributed by atoms with E-state index in [1.54, 1.807) is 0 Å². The van der Waals surface area contributed by atoms with Crippen LogP contribution < -0.4 is 0 Å². The third-order valence-electron chi connectivity index (χ3n) is 7.38. The fourth-order valence-electron chi connectivity index (χ4n) is 5.82. The highest BCUT2D eigenvalue weighted by atomic mass is 15.2. The fourth-order valence-corrected chi connectivity index (χ4v) is 5.82. The topological polar surface area (TPSA) is 31.4 Å². The summed E-state index contributed by atoms with van der Waals surface area (Å²) in [7, 11) is 0. The minimum Gasteiger partial charge on any atom is -0.361 e. The van der Waals surface area contributed by atoms with Gasteiger partial charge in [0.15, 0.2) is 0 Å². The highest BCUT2D eigenvalue weighted by molar-refractivity contribution is 5.95. The lowest BCUT2D eigenvalue weighted by molar-refractivity contribution is 0.135. The molecule has 1 unspecified atom stereocenters. The molecule has 3 saturated heterocycles. The molecule has 0 aliphatic carbocycles. The zero-order valence-electron chi connectivity index (χ0n) is 18.3. The summed E-state index contributed by atoms with van der Waals surface area (Å²) in [5.41, 5.74) is 6.66. The van der Waals surface area contributed by atoms with E-state index in [2.05, 4.69) is 101 Å². The molecule has 4 aromatic rings. The molecule has 3 aliphatic heterocycles. The van der Waals surface area contributed by atoms with Crippen molar-refractivity contribution in [2.24, 2.45) is 10.9 Å². The maximum atomic E-state index is 5.37. The summed E-state index contributed by atoms with van der Waals surface area (Å²) in [5, 5.41) is 1.29. The Labute approximate surface area is 189 Å². The van der Waals surface area contributed by atoms with Crippen LogP contribution in [-0.4, -0.2) is 34.7 Å². The zero-order valence-corrected chi connectivity index (χ0v) is 18.3. The number of nitrogens with zero attached hydrogens (tertiary/aromatic N) is 2. The maximum absolute atomic E-state index is 5.37. The Hall–Kier alpha value is -3.17. The summed E-state index contributed by atoms with van der Waals surface area (Å²) >= 11 is 0. The molecule has 3 heteroatoms. The van der Waals surface area contributed by atoms with Crippen LogP contribution in [0.5, 0.6) is 0 Å². The van der Waals surface area contributed by atoms with Crippen molar-refractivity contribution in [3.8, 4) is 0 Å². The zero-order chi connectivity index (χ0) is 21.3. The normalized spacial score (nSPS) is 23.9. The van der Waals surface area contributed by atoms with Crippen LogP contribution in [-0.2, 0) is 6.54 Å². The molecule has 7 rings (SSSR count). The first-order chi connectivity index (χ1) is 15.9. The van der Waals surface area contributed by atoms with Crippen molar-refractivity contribution < 1.29 is 0 Å². The third-order valence-corrected chi connectivity index (χ3v) is 7.38. The second kappa shape index (κ2) is 8.40. The molecule has 0 radical (unpaired) electrons. The van der Waals surface area contributed by atoms with E-state index in [9.17, 15) is 0 Å². The molecule has 3 fully saturated rings. The second-order valence-corrected chi connectivity index (χ2v) is 9.15. The SMILES string of the molecule is c1ccc(C(c2ccccc2)C2/C(=N\Cc3c[nH]c4ccccc34)C3CCN2CC3)cc1. The summed E-state index contributed by atoms with van der Waals surface area (Å²) in [6, 6.07) is 31.0. The van der Waals surface area contributed by atoms with E-state index in [4.69, 9.17) is 4.99 Å². The van der Waals surface area contributed by atoms with Crippen LogP contribution in [0.3, 0.4) is 0 Å². The Morgan fingerprint density at radius 3 is 2.12 bits per heavy atom. The van der Waals surface area contributed by atoms with Crippen LogP contribution in [0.1, 0.15) is 35.4 Å². The van der Waals surface area contributed by atoms with E-state index in [1.165, 1.54) is 59.2 Å². The number of benzene rings is 3. The van der Waals surface area contributed by atoms with Gasteiger partial charge in [-0.25, -0.2) is 0 Å². The highest BCUT2D eigenvalue weighted by Gasteiger charge is 2.43. The van der Waals surface area contributed by atoms with Crippen LogP contribution in [0.4, 0.5) is 0 Å². The molecule has 1 atom stereocenters. The number of aromatic nitrogens is 1. The molecule has 0 spiro atoms. The largest absolute Gasteiger partial charge is 0.361 e. The molecule has 4 heterocycles. The Balaban J connectivity index is 1.42. The summed E-state index contributed by atoms with van der Waals surface area (Å²) in [6.45, 7) is 3.10. The van der Waals surface area contributed by atoms with Crippen molar-refractivity contribution in [1.82, 2.24) is 9.88 Å². The van der Waals surface area contributed by atoms with Gasteiger partial charge < -0.3 is 4.98 Å². The summed E-state index contributed by atoms with van der Waals surface area (Å²) in [5.74, 6) is 0.910. The average Bonchev–Trinajstić information content (AvgIpc) is 3.28. The molecule has 1 N–H and O–H groups in total. The summed E-state index contributed by atoms with van der Waals surface area (Å²) in [4.78, 5) is 11.5. The molecule has 0 amide bonds. The van der Waals surface area contributed by atoms with Gasteiger partial charge in [0, 0.05) is 34.6 Å². The van der Waals surface area contributed by atoms with E-state index < -0.39 is 0 Å². The average molecular weight is 420 g/mol. The van der Waals surface area contributed by atoms with Gasteiger partial charge in [-0.2, -0.15) is 0 Å². The molecule has 2 bridgehead atoms. The van der Waals surface area contributed by atoms with Gasteiger partial charge in [0.2, 0.25) is 0 Å². The Morgan fingerprint density at radius 1 is 0.812 bits per heavy atom. The van der Waals surface area contributed by atoms with Gasteiger partial charge in [-0.3, -0.25) is 9.89 Å². The fraction of sp³-hybridized carbons (Fsp3) is 0.276. The summed E-state index contributed by atoms with van der Waals surface area (Å²) in [6.07, 6.45) is 4.61. The number of aliphatic imine (C=N–C) groups is 1. The van der Waals surface area contributed by atoms with Gasteiger partial charge in [-0.15, -0.1) is 0 Å². The standard InChI is InChI=1S/C29H29N3/c1-3-9-21(10-4-1)27(22-11-5-2-6-12-22)29-28(23-15-17-32(29)18-16-23)31-20-24-19-30-26-14-8-7-13-25(24)26/h1-14,19,23,27,29-30H,15-18,20H2/b31-28-. The smallest absolute Gasteiger partial charge is 0.0660 e. The lowest BCUT2D eigenvalue weighted by Gasteiger charge is -2.49. The molecular formula is C29H29N3. The minimum atomic E-state index is 0.308. The van der Waals surface area contributed by atoms with E-state index in [0.29, 0.717) is 17.9 Å². The molecule has 3 aromatic carbocycles. The number of para-hydroxylation sites is 1. The first kappa shape index (κ1) is 19.5. The van der Waals surface area contributed by atoms with E-state index in [-0.39, 0.29) is 0 Å². The number of nitrogens with one attached hydrogen (secondary N) is 1. The number of aromatic amines is 1. The molecule has 160 valence electrons. The van der Waals surface area contributed by atoms with Gasteiger partial charge >= 0.3 is 0 Å². The van der Waals surface area contributed by atoms with Crippen molar-refractivity contribution in [1.29, 1.82) is 0 Å². The van der Waals surface area contributed by atoms with Crippen LogP contribution in [0.15, 0.2) is 96.1 Å². The predicted molar refractivity (Wildman–Crippen MR) is 132 cm³/mol. The van der Waals surface area contributed by atoms with E-state index in [0.717, 1.165) is 6.54 Å². The van der Waals surface area contributed by atoms with Gasteiger partial charge in [0.25, 0.3) is 0 Å². The number of rotatable bonds is 5. The van der Waals surface area contributed by atoms with Crippen molar-refractivity contribution in [2.45, 2.75) is 31.3 Å². The van der Waals surface area contributed by atoms with E-state index >= 15 is 0 Å². The summed E-state index contributed by atoms with van der Waals surface area (Å²) < 4.78 is 0. The van der Waals surface area contributed by atoms with Crippen LogP contribution in [0.2, 0.25) is 0 Å². The van der Waals surface area contributed by atoms with Crippen molar-refractivity contribution in [3.63, 3.8) is 0 Å². The van der Waals surface area contributed by atoms with Crippen LogP contribution in [0, 0.1) is 5.92 Å². The number of hydrogen-bond acceptors (Lipinski definition) is 2. The molecule has 32 heavy (non-hydrogen) atoms. The molecule has 1 aromatic heterocycles. The maximum Gasteiger partial charge on any atom is 0.0660 e. The van der Waals surface area contributed by atoms with Crippen molar-refractivity contribution in [3.05, 3.63) is 108 Å². The monoisotopic (exact) mass is 419 g/mol.